The van der Waals surface area contributed by atoms with Gasteiger partial charge in [0.1, 0.15) is 18.7 Å². The lowest BCUT2D eigenvalue weighted by Crippen LogP contribution is -2.70. The third-order valence-corrected chi connectivity index (χ3v) is 3.40. The predicted molar refractivity (Wildman–Crippen MR) is 51.8 cm³/mol. The number of hydrogen-bond donors (Lipinski definition) is 2. The minimum absolute atomic E-state index is 0.108. The third-order valence-electron chi connectivity index (χ3n) is 3.40. The van der Waals surface area contributed by atoms with Crippen LogP contribution in [0, 0.1) is 0 Å². The second-order valence-corrected chi connectivity index (χ2v) is 5.21. The molecule has 0 saturated carbocycles. The molecule has 1 saturated heterocycles. The first-order valence-corrected chi connectivity index (χ1v) is 5.14. The zero-order valence-corrected chi connectivity index (χ0v) is 9.43. The van der Waals surface area contributed by atoms with E-state index >= 15 is 0 Å². The second-order valence-electron chi connectivity index (χ2n) is 5.21. The van der Waals surface area contributed by atoms with Crippen LogP contribution in [-0.4, -0.2) is 51.6 Å². The van der Waals surface area contributed by atoms with Gasteiger partial charge < -0.3 is 20.1 Å². The van der Waals surface area contributed by atoms with Gasteiger partial charge in [0.15, 0.2) is 0 Å². The second kappa shape index (κ2) is 3.73. The molecule has 1 aliphatic heterocycles. The van der Waals surface area contributed by atoms with Gasteiger partial charge in [-0.15, -0.1) is 0 Å². The van der Waals surface area contributed by atoms with Crippen molar-refractivity contribution in [3.8, 4) is 0 Å². The van der Waals surface area contributed by atoms with E-state index in [1.165, 1.54) is 0 Å². The number of likely N-dealkylation sites (tertiary alicyclic amines) is 1. The molecule has 0 aliphatic carbocycles. The normalized spacial score (nSPS) is 36.9. The van der Waals surface area contributed by atoms with Gasteiger partial charge in [-0.1, -0.05) is 0 Å². The van der Waals surface area contributed by atoms with E-state index in [2.05, 4.69) is 0 Å². The predicted octanol–water partition coefficient (Wildman–Crippen LogP) is -0.929. The van der Waals surface area contributed by atoms with E-state index in [1.54, 1.807) is 20.8 Å². The van der Waals surface area contributed by atoms with Gasteiger partial charge in [0, 0.05) is 6.42 Å². The molecular weight excluding hydrogens is 198 g/mol. The van der Waals surface area contributed by atoms with Crippen molar-refractivity contribution in [1.29, 1.82) is 0 Å². The van der Waals surface area contributed by atoms with E-state index in [0.717, 1.165) is 0 Å². The van der Waals surface area contributed by atoms with Crippen LogP contribution < -0.4 is 5.11 Å². The van der Waals surface area contributed by atoms with Gasteiger partial charge in [-0.2, -0.15) is 0 Å². The van der Waals surface area contributed by atoms with E-state index < -0.39 is 23.8 Å². The summed E-state index contributed by atoms with van der Waals surface area (Å²) in [6.45, 7) is 5.20. The van der Waals surface area contributed by atoms with Gasteiger partial charge in [-0.25, -0.2) is 0 Å². The number of nitrogens with zero attached hydrogens (tertiary/aromatic N) is 1. The van der Waals surface area contributed by atoms with Crippen molar-refractivity contribution >= 4 is 6.09 Å². The fraction of sp³-hybridized carbons (Fsp3) is 0.900. The molecule has 0 radical (unpaired) electrons. The van der Waals surface area contributed by atoms with Crippen LogP contribution in [-0.2, 0) is 0 Å². The van der Waals surface area contributed by atoms with Crippen molar-refractivity contribution in [3.05, 3.63) is 0 Å². The first-order chi connectivity index (χ1) is 6.75. The Morgan fingerprint density at radius 1 is 1.53 bits per heavy atom. The molecule has 0 aromatic rings. The van der Waals surface area contributed by atoms with Crippen LogP contribution in [0.15, 0.2) is 0 Å². The van der Waals surface area contributed by atoms with Crippen LogP contribution in [0.3, 0.4) is 0 Å². The van der Waals surface area contributed by atoms with Crippen LogP contribution in [0.1, 0.15) is 27.2 Å². The summed E-state index contributed by atoms with van der Waals surface area (Å²) in [6.07, 6.45) is -1.60. The fourth-order valence-electron chi connectivity index (χ4n) is 2.58. The molecule has 1 rings (SSSR count). The van der Waals surface area contributed by atoms with Crippen LogP contribution in [0.2, 0.25) is 0 Å². The number of amides is 1. The van der Waals surface area contributed by atoms with Gasteiger partial charge in [0.25, 0.3) is 6.09 Å². The van der Waals surface area contributed by atoms with E-state index in [1.807, 2.05) is 0 Å². The molecule has 1 aliphatic rings. The number of carbonyl (C=O) groups excluding carboxylic acids is 1. The minimum atomic E-state index is -1.22. The Hall–Kier alpha value is -0.650. The molecular formula is C10H19NO4. The van der Waals surface area contributed by atoms with Crippen LogP contribution in [0.25, 0.3) is 0 Å². The summed E-state index contributed by atoms with van der Waals surface area (Å²) >= 11 is 0. The number of quaternary nitrogens is 1. The average Bonchev–Trinajstić information content (AvgIpc) is 2.42. The Kier molecular flexibility index (Phi) is 3.09. The lowest BCUT2D eigenvalue weighted by molar-refractivity contribution is -0.931. The summed E-state index contributed by atoms with van der Waals surface area (Å²) in [5.74, 6) is 0. The van der Waals surface area contributed by atoms with Gasteiger partial charge >= 0.3 is 0 Å². The standard InChI is InChI=1S/C10H19NO4/c1-10(2,3)11(9(14)15)5-8(13)4-7(11)6-12/h7-8,12-13H,4-6H2,1-3H3/t7-,8-,11?/m1/s1. The fourth-order valence-corrected chi connectivity index (χ4v) is 2.58. The summed E-state index contributed by atoms with van der Waals surface area (Å²) in [6, 6.07) is -0.481. The smallest absolute Gasteiger partial charge is 0.258 e. The van der Waals surface area contributed by atoms with Crippen molar-refractivity contribution in [3.63, 3.8) is 0 Å². The lowest BCUT2D eigenvalue weighted by Gasteiger charge is -2.48. The first kappa shape index (κ1) is 12.4. The van der Waals surface area contributed by atoms with Crippen LogP contribution >= 0.6 is 0 Å². The molecule has 5 nitrogen and oxygen atoms in total. The maximum absolute atomic E-state index is 11.3. The van der Waals surface area contributed by atoms with Gasteiger partial charge in [-0.05, 0) is 20.8 Å². The van der Waals surface area contributed by atoms with Crippen molar-refractivity contribution in [2.75, 3.05) is 13.2 Å². The maximum Gasteiger partial charge on any atom is 0.258 e. The molecule has 1 unspecified atom stereocenters. The number of hydrogen-bond acceptors (Lipinski definition) is 4. The number of aliphatic hydroxyl groups excluding tert-OH is 2. The van der Waals surface area contributed by atoms with E-state index in [4.69, 9.17) is 0 Å². The molecule has 0 aromatic carbocycles. The van der Waals surface area contributed by atoms with Crippen molar-refractivity contribution < 1.29 is 24.6 Å². The van der Waals surface area contributed by atoms with Crippen molar-refractivity contribution in [2.24, 2.45) is 0 Å². The number of aliphatic hydroxyl groups is 2. The number of rotatable bonds is 1. The molecule has 15 heavy (non-hydrogen) atoms. The topological polar surface area (TPSA) is 80.6 Å². The molecule has 1 amide bonds. The van der Waals surface area contributed by atoms with Crippen LogP contribution in [0.4, 0.5) is 4.79 Å². The van der Waals surface area contributed by atoms with E-state index in [9.17, 15) is 20.1 Å². The molecule has 0 spiro atoms. The molecule has 0 bridgehead atoms. The third kappa shape index (κ3) is 1.75. The molecule has 1 heterocycles. The van der Waals surface area contributed by atoms with E-state index in [0.29, 0.717) is 6.42 Å². The van der Waals surface area contributed by atoms with Crippen molar-refractivity contribution in [2.45, 2.75) is 44.9 Å². The van der Waals surface area contributed by atoms with Gasteiger partial charge in [0.05, 0.1) is 12.1 Å². The van der Waals surface area contributed by atoms with Gasteiger partial charge in [-0.3, -0.25) is 4.48 Å². The number of carboxylic acid groups (broad SMARTS) is 1. The molecule has 2 N–H and O–H groups in total. The highest BCUT2D eigenvalue weighted by Gasteiger charge is 2.54. The Labute approximate surface area is 89.5 Å². The monoisotopic (exact) mass is 217 g/mol. The van der Waals surface area contributed by atoms with Crippen molar-refractivity contribution in [1.82, 2.24) is 0 Å². The Balaban J connectivity index is 3.16. The Bertz CT molecular complexity index is 261. The zero-order chi connectivity index (χ0) is 11.9. The Morgan fingerprint density at radius 3 is 2.33 bits per heavy atom. The summed E-state index contributed by atoms with van der Waals surface area (Å²) < 4.78 is -0.370. The Morgan fingerprint density at radius 2 is 2.07 bits per heavy atom. The SMILES string of the molecule is CC(C)(C)[N+]1(C(=O)[O-])C[C@H](O)C[C@@H]1CO. The highest BCUT2D eigenvalue weighted by Crippen LogP contribution is 2.36. The summed E-state index contributed by atoms with van der Waals surface area (Å²) in [7, 11) is 0. The summed E-state index contributed by atoms with van der Waals surface area (Å²) in [5.41, 5.74) is -0.594. The lowest BCUT2D eigenvalue weighted by atomic mass is 10.00. The first-order valence-electron chi connectivity index (χ1n) is 5.14. The molecule has 88 valence electrons. The zero-order valence-electron chi connectivity index (χ0n) is 9.43. The molecule has 3 atom stereocenters. The average molecular weight is 217 g/mol. The van der Waals surface area contributed by atoms with E-state index in [-0.39, 0.29) is 17.6 Å². The van der Waals surface area contributed by atoms with Gasteiger partial charge in [0.2, 0.25) is 0 Å². The number of carbonyl (C=O) groups is 1. The van der Waals surface area contributed by atoms with Crippen LogP contribution in [0.5, 0.6) is 0 Å². The minimum Gasteiger partial charge on any atom is -0.498 e. The molecule has 1 fully saturated rings. The largest absolute Gasteiger partial charge is 0.498 e. The molecule has 5 heteroatoms. The summed E-state index contributed by atoms with van der Waals surface area (Å²) in [4.78, 5) is 11.3. The highest BCUT2D eigenvalue weighted by atomic mass is 16.4. The highest BCUT2D eigenvalue weighted by molar-refractivity contribution is 5.55. The quantitative estimate of drug-likeness (QED) is 0.556. The maximum atomic E-state index is 11.3. The molecule has 0 aromatic heterocycles. The summed E-state index contributed by atoms with van der Waals surface area (Å²) in [5, 5.41) is 30.1.